The van der Waals surface area contributed by atoms with Crippen LogP contribution in [-0.4, -0.2) is 40.2 Å². The van der Waals surface area contributed by atoms with Gasteiger partial charge in [0.1, 0.15) is 29.7 Å². The molecule has 0 unspecified atom stereocenters. The van der Waals surface area contributed by atoms with Gasteiger partial charge in [-0.2, -0.15) is 0 Å². The summed E-state index contributed by atoms with van der Waals surface area (Å²) >= 11 is 0. The van der Waals surface area contributed by atoms with Crippen LogP contribution in [0, 0.1) is 6.92 Å². The third-order valence-electron chi connectivity index (χ3n) is 6.35. The lowest BCUT2D eigenvalue weighted by Gasteiger charge is -2.23. The number of aromatic amines is 1. The van der Waals surface area contributed by atoms with Gasteiger partial charge in [0.2, 0.25) is 0 Å². The molecule has 0 aliphatic carbocycles. The second kappa shape index (κ2) is 8.76. The molecule has 1 N–H and O–H groups in total. The molecule has 5 aromatic rings. The molecule has 0 radical (unpaired) electrons. The van der Waals surface area contributed by atoms with E-state index in [-0.39, 0.29) is 0 Å². The van der Waals surface area contributed by atoms with E-state index in [0.717, 1.165) is 68.5 Å². The van der Waals surface area contributed by atoms with Crippen LogP contribution in [0.1, 0.15) is 11.4 Å². The number of aryl methyl sites for hydroxylation is 1. The molecule has 2 aromatic heterocycles. The standard InChI is InChI=1S/C28H25N5O2/c1-18-31-25-14-23(34-2)8-9-24(25)28(32-18)33-11-12-35-27-10-7-21(13-22(27)16-33)19-3-5-20(6-4-19)26-15-29-17-30-26/h3-10,13-15,17H,11-12,16H2,1-2H3,(H,29,30). The Morgan fingerprint density at radius 1 is 0.943 bits per heavy atom. The topological polar surface area (TPSA) is 76.2 Å². The molecular weight excluding hydrogens is 438 g/mol. The first kappa shape index (κ1) is 21.2. The molecule has 0 bridgehead atoms. The summed E-state index contributed by atoms with van der Waals surface area (Å²) in [5, 5.41) is 1.00. The van der Waals surface area contributed by atoms with Gasteiger partial charge >= 0.3 is 0 Å². The Balaban J connectivity index is 1.34. The zero-order valence-electron chi connectivity index (χ0n) is 19.7. The predicted molar refractivity (Wildman–Crippen MR) is 137 cm³/mol. The van der Waals surface area contributed by atoms with Crippen LogP contribution in [0.3, 0.4) is 0 Å². The first-order chi connectivity index (χ1) is 17.2. The maximum absolute atomic E-state index is 6.12. The number of hydrogen-bond acceptors (Lipinski definition) is 6. The second-order valence-electron chi connectivity index (χ2n) is 8.60. The summed E-state index contributed by atoms with van der Waals surface area (Å²) in [6.45, 7) is 3.95. The van der Waals surface area contributed by atoms with Crippen molar-refractivity contribution in [3.63, 3.8) is 0 Å². The highest BCUT2D eigenvalue weighted by Gasteiger charge is 2.20. The van der Waals surface area contributed by atoms with Gasteiger partial charge in [-0.15, -0.1) is 0 Å². The molecule has 6 rings (SSSR count). The van der Waals surface area contributed by atoms with E-state index in [4.69, 9.17) is 14.5 Å². The number of hydrogen-bond donors (Lipinski definition) is 1. The molecule has 0 saturated carbocycles. The number of nitrogens with zero attached hydrogens (tertiary/aromatic N) is 4. The normalized spacial score (nSPS) is 13.3. The summed E-state index contributed by atoms with van der Waals surface area (Å²) in [7, 11) is 1.67. The number of ether oxygens (including phenoxy) is 2. The van der Waals surface area contributed by atoms with Crippen LogP contribution in [0.25, 0.3) is 33.3 Å². The lowest BCUT2D eigenvalue weighted by atomic mass is 10.0. The molecule has 0 saturated heterocycles. The SMILES string of the molecule is COc1ccc2c(N3CCOc4ccc(-c5ccc(-c6c[nH]cn6)cc5)cc4C3)nc(C)nc2c1. The molecule has 3 heterocycles. The van der Waals surface area contributed by atoms with Crippen LogP contribution in [0.15, 0.2) is 73.2 Å². The monoisotopic (exact) mass is 463 g/mol. The van der Waals surface area contributed by atoms with Gasteiger partial charge in [0, 0.05) is 35.3 Å². The summed E-state index contributed by atoms with van der Waals surface area (Å²) in [5.74, 6) is 3.35. The average Bonchev–Trinajstić information content (AvgIpc) is 3.34. The quantitative estimate of drug-likeness (QED) is 0.384. The van der Waals surface area contributed by atoms with E-state index >= 15 is 0 Å². The van der Waals surface area contributed by atoms with E-state index in [2.05, 4.69) is 62.3 Å². The first-order valence-electron chi connectivity index (χ1n) is 11.6. The zero-order chi connectivity index (χ0) is 23.8. The van der Waals surface area contributed by atoms with Crippen molar-refractivity contribution in [3.05, 3.63) is 84.6 Å². The number of rotatable bonds is 4. The highest BCUT2D eigenvalue weighted by atomic mass is 16.5. The van der Waals surface area contributed by atoms with Gasteiger partial charge in [0.05, 0.1) is 31.2 Å². The number of methoxy groups -OCH3 is 1. The maximum Gasteiger partial charge on any atom is 0.140 e. The van der Waals surface area contributed by atoms with Gasteiger partial charge in [-0.3, -0.25) is 0 Å². The highest BCUT2D eigenvalue weighted by Crippen LogP contribution is 2.34. The Morgan fingerprint density at radius 2 is 1.77 bits per heavy atom. The lowest BCUT2D eigenvalue weighted by molar-refractivity contribution is 0.331. The second-order valence-corrected chi connectivity index (χ2v) is 8.60. The van der Waals surface area contributed by atoms with E-state index in [0.29, 0.717) is 13.2 Å². The van der Waals surface area contributed by atoms with Gasteiger partial charge in [0.15, 0.2) is 0 Å². The molecule has 0 amide bonds. The van der Waals surface area contributed by atoms with Crippen molar-refractivity contribution in [1.29, 1.82) is 0 Å². The van der Waals surface area contributed by atoms with Crippen LogP contribution in [0.4, 0.5) is 5.82 Å². The van der Waals surface area contributed by atoms with Gasteiger partial charge in [-0.1, -0.05) is 30.3 Å². The largest absolute Gasteiger partial charge is 0.497 e. The molecule has 7 heteroatoms. The van der Waals surface area contributed by atoms with Crippen molar-refractivity contribution in [2.45, 2.75) is 13.5 Å². The summed E-state index contributed by atoms with van der Waals surface area (Å²) in [6.07, 6.45) is 3.60. The molecule has 3 aromatic carbocycles. The van der Waals surface area contributed by atoms with Crippen molar-refractivity contribution in [3.8, 4) is 33.9 Å². The number of nitrogens with one attached hydrogen (secondary N) is 1. The maximum atomic E-state index is 6.12. The van der Waals surface area contributed by atoms with Crippen LogP contribution in [0.5, 0.6) is 11.5 Å². The van der Waals surface area contributed by atoms with Crippen molar-refractivity contribution in [1.82, 2.24) is 19.9 Å². The first-order valence-corrected chi connectivity index (χ1v) is 11.6. The van der Waals surface area contributed by atoms with E-state index < -0.39 is 0 Å². The summed E-state index contributed by atoms with van der Waals surface area (Å²) in [4.78, 5) is 19.1. The fourth-order valence-electron chi connectivity index (χ4n) is 4.58. The smallest absolute Gasteiger partial charge is 0.140 e. The minimum Gasteiger partial charge on any atom is -0.497 e. The minimum atomic E-state index is 0.589. The highest BCUT2D eigenvalue weighted by molar-refractivity contribution is 5.90. The number of fused-ring (bicyclic) bond motifs is 2. The van der Waals surface area contributed by atoms with Gasteiger partial charge in [-0.05, 0) is 42.3 Å². The van der Waals surface area contributed by atoms with Crippen molar-refractivity contribution in [2.75, 3.05) is 25.2 Å². The van der Waals surface area contributed by atoms with E-state index in [1.165, 1.54) is 0 Å². The Labute approximate surface area is 203 Å². The molecule has 0 fully saturated rings. The third-order valence-corrected chi connectivity index (χ3v) is 6.35. The third kappa shape index (κ3) is 4.05. The van der Waals surface area contributed by atoms with Gasteiger partial charge in [0.25, 0.3) is 0 Å². The predicted octanol–water partition coefficient (Wildman–Crippen LogP) is 5.40. The number of imidazole rings is 1. The number of benzene rings is 3. The minimum absolute atomic E-state index is 0.589. The molecular formula is C28H25N5O2. The average molecular weight is 464 g/mol. The van der Waals surface area contributed by atoms with Crippen molar-refractivity contribution >= 4 is 16.7 Å². The van der Waals surface area contributed by atoms with Crippen molar-refractivity contribution in [2.24, 2.45) is 0 Å². The fraction of sp³-hybridized carbons (Fsp3) is 0.179. The van der Waals surface area contributed by atoms with Crippen LogP contribution in [0.2, 0.25) is 0 Å². The van der Waals surface area contributed by atoms with Gasteiger partial charge < -0.3 is 19.4 Å². The van der Waals surface area contributed by atoms with Gasteiger partial charge in [-0.25, -0.2) is 15.0 Å². The molecule has 0 spiro atoms. The Kier molecular flexibility index (Phi) is 5.29. The summed E-state index contributed by atoms with van der Waals surface area (Å²) in [5.41, 5.74) is 6.33. The molecule has 0 atom stereocenters. The Bertz CT molecular complexity index is 1500. The summed E-state index contributed by atoms with van der Waals surface area (Å²) in [6, 6.07) is 20.8. The van der Waals surface area contributed by atoms with Crippen molar-refractivity contribution < 1.29 is 9.47 Å². The molecule has 1 aliphatic heterocycles. The van der Waals surface area contributed by atoms with E-state index in [1.807, 2.05) is 31.3 Å². The fourth-order valence-corrected chi connectivity index (χ4v) is 4.58. The Morgan fingerprint density at radius 3 is 2.57 bits per heavy atom. The van der Waals surface area contributed by atoms with Crippen LogP contribution in [-0.2, 0) is 6.54 Å². The van der Waals surface area contributed by atoms with E-state index in [9.17, 15) is 0 Å². The Hall–Kier alpha value is -4.39. The molecule has 35 heavy (non-hydrogen) atoms. The van der Waals surface area contributed by atoms with E-state index in [1.54, 1.807) is 13.4 Å². The molecule has 7 nitrogen and oxygen atoms in total. The molecule has 1 aliphatic rings. The number of H-pyrrole nitrogens is 1. The number of aromatic nitrogens is 4. The number of anilines is 1. The van der Waals surface area contributed by atoms with Crippen LogP contribution >= 0.6 is 0 Å². The van der Waals surface area contributed by atoms with Crippen LogP contribution < -0.4 is 14.4 Å². The zero-order valence-corrected chi connectivity index (χ0v) is 19.7. The summed E-state index contributed by atoms with van der Waals surface area (Å²) < 4.78 is 11.5. The lowest BCUT2D eigenvalue weighted by Crippen LogP contribution is -2.26. The molecule has 174 valence electrons.